The standard InChI is InChI=1S/C14H26O4Si/c1-10-11(15)8-12(13(10)17-9-16-5)18-19(6,7)14(2,3)4/h12-13H,1,8-9H2,2-7H3/t12-,13+/m1/s1. The van der Waals surface area contributed by atoms with Gasteiger partial charge in [0, 0.05) is 19.1 Å². The number of rotatable bonds is 5. The average Bonchev–Trinajstić information content (AvgIpc) is 2.50. The van der Waals surface area contributed by atoms with Crippen LogP contribution in [-0.2, 0) is 18.7 Å². The maximum atomic E-state index is 11.8. The van der Waals surface area contributed by atoms with Gasteiger partial charge in [-0.25, -0.2) is 0 Å². The van der Waals surface area contributed by atoms with Gasteiger partial charge in [0.05, 0.1) is 6.10 Å². The largest absolute Gasteiger partial charge is 0.410 e. The molecule has 19 heavy (non-hydrogen) atoms. The summed E-state index contributed by atoms with van der Waals surface area (Å²) in [6, 6.07) is 0. The van der Waals surface area contributed by atoms with Gasteiger partial charge in [-0.2, -0.15) is 0 Å². The van der Waals surface area contributed by atoms with E-state index in [1.807, 2.05) is 0 Å². The Balaban J connectivity index is 2.81. The van der Waals surface area contributed by atoms with E-state index in [-0.39, 0.29) is 29.8 Å². The highest BCUT2D eigenvalue weighted by molar-refractivity contribution is 6.74. The monoisotopic (exact) mass is 286 g/mol. The summed E-state index contributed by atoms with van der Waals surface area (Å²) < 4.78 is 16.8. The van der Waals surface area contributed by atoms with Crippen molar-refractivity contribution in [3.63, 3.8) is 0 Å². The zero-order chi connectivity index (χ0) is 14.8. The fourth-order valence-corrected chi connectivity index (χ4v) is 3.13. The molecule has 1 fully saturated rings. The summed E-state index contributed by atoms with van der Waals surface area (Å²) in [6.45, 7) is 14.8. The van der Waals surface area contributed by atoms with Gasteiger partial charge in [0.1, 0.15) is 12.9 Å². The van der Waals surface area contributed by atoms with Gasteiger partial charge in [-0.3, -0.25) is 4.79 Å². The molecular weight excluding hydrogens is 260 g/mol. The quantitative estimate of drug-likeness (QED) is 0.443. The SMILES string of the molecule is C=C1C(=O)C[C@@H](O[Si](C)(C)C(C)(C)C)[C@H]1OCOC. The van der Waals surface area contributed by atoms with E-state index in [1.54, 1.807) is 7.11 Å². The van der Waals surface area contributed by atoms with Crippen molar-refractivity contribution in [1.29, 1.82) is 0 Å². The van der Waals surface area contributed by atoms with Crippen LogP contribution in [-0.4, -0.2) is 40.2 Å². The topological polar surface area (TPSA) is 44.8 Å². The fourth-order valence-electron chi connectivity index (χ4n) is 1.81. The van der Waals surface area contributed by atoms with E-state index in [2.05, 4.69) is 40.4 Å². The summed E-state index contributed by atoms with van der Waals surface area (Å²) in [5, 5.41) is 0.103. The van der Waals surface area contributed by atoms with Crippen LogP contribution in [0, 0.1) is 0 Å². The van der Waals surface area contributed by atoms with Crippen LogP contribution < -0.4 is 0 Å². The number of carbonyl (C=O) groups is 1. The third-order valence-electron chi connectivity index (χ3n) is 4.04. The maximum absolute atomic E-state index is 11.8. The third-order valence-corrected chi connectivity index (χ3v) is 8.55. The van der Waals surface area contributed by atoms with Gasteiger partial charge in [-0.05, 0) is 18.1 Å². The lowest BCUT2D eigenvalue weighted by molar-refractivity contribution is -0.115. The molecule has 1 rings (SSSR count). The Labute approximate surface area is 117 Å². The van der Waals surface area contributed by atoms with Crippen LogP contribution in [0.2, 0.25) is 18.1 Å². The smallest absolute Gasteiger partial charge is 0.192 e. The van der Waals surface area contributed by atoms with Gasteiger partial charge in [0.15, 0.2) is 14.1 Å². The summed E-state index contributed by atoms with van der Waals surface area (Å²) in [4.78, 5) is 11.8. The molecule has 0 bridgehead atoms. The molecule has 1 aliphatic carbocycles. The van der Waals surface area contributed by atoms with Gasteiger partial charge in [-0.1, -0.05) is 27.4 Å². The van der Waals surface area contributed by atoms with Crippen molar-refractivity contribution in [1.82, 2.24) is 0 Å². The Bertz CT molecular complexity index is 357. The summed E-state index contributed by atoms with van der Waals surface area (Å²) in [7, 11) is -0.366. The van der Waals surface area contributed by atoms with Crippen LogP contribution in [0.3, 0.4) is 0 Å². The molecule has 0 N–H and O–H groups in total. The van der Waals surface area contributed by atoms with Crippen molar-refractivity contribution < 1.29 is 18.7 Å². The highest BCUT2D eigenvalue weighted by Crippen LogP contribution is 2.40. The molecule has 0 aromatic heterocycles. The molecule has 1 saturated carbocycles. The van der Waals surface area contributed by atoms with Crippen LogP contribution >= 0.6 is 0 Å². The fraction of sp³-hybridized carbons (Fsp3) is 0.786. The summed E-state index contributed by atoms with van der Waals surface area (Å²) >= 11 is 0. The van der Waals surface area contributed by atoms with E-state index in [0.717, 1.165) is 0 Å². The van der Waals surface area contributed by atoms with Crippen molar-refractivity contribution in [3.05, 3.63) is 12.2 Å². The predicted molar refractivity (Wildman–Crippen MR) is 77.6 cm³/mol. The van der Waals surface area contributed by atoms with Crippen LogP contribution in [0.15, 0.2) is 12.2 Å². The number of hydrogen-bond donors (Lipinski definition) is 0. The van der Waals surface area contributed by atoms with Gasteiger partial charge in [0.2, 0.25) is 0 Å². The minimum Gasteiger partial charge on any atom is -0.410 e. The maximum Gasteiger partial charge on any atom is 0.192 e. The Morgan fingerprint density at radius 2 is 1.95 bits per heavy atom. The minimum atomic E-state index is -1.92. The molecule has 0 unspecified atom stereocenters. The van der Waals surface area contributed by atoms with Gasteiger partial charge < -0.3 is 13.9 Å². The number of methoxy groups -OCH3 is 1. The van der Waals surface area contributed by atoms with Gasteiger partial charge in [-0.15, -0.1) is 0 Å². The van der Waals surface area contributed by atoms with Crippen LogP contribution in [0.1, 0.15) is 27.2 Å². The average molecular weight is 286 g/mol. The van der Waals surface area contributed by atoms with Crippen molar-refractivity contribution in [2.75, 3.05) is 13.9 Å². The zero-order valence-corrected chi connectivity index (χ0v) is 13.9. The molecule has 0 aromatic rings. The zero-order valence-electron chi connectivity index (χ0n) is 12.9. The first-order chi connectivity index (χ1) is 8.60. The predicted octanol–water partition coefficient (Wildman–Crippen LogP) is 2.89. The lowest BCUT2D eigenvalue weighted by atomic mass is 10.2. The number of Topliss-reactive ketones (excluding diaryl/α,β-unsaturated/α-hetero) is 1. The Kier molecular flexibility index (Phi) is 5.12. The summed E-state index contributed by atoms with van der Waals surface area (Å²) in [5.74, 6) is 0.0322. The number of ether oxygens (including phenoxy) is 2. The second-order valence-electron chi connectivity index (χ2n) is 6.56. The van der Waals surface area contributed by atoms with Crippen LogP contribution in [0.4, 0.5) is 0 Å². The first-order valence-electron chi connectivity index (χ1n) is 6.60. The Morgan fingerprint density at radius 3 is 2.42 bits per heavy atom. The number of carbonyl (C=O) groups excluding carboxylic acids is 1. The summed E-state index contributed by atoms with van der Waals surface area (Å²) in [5.41, 5.74) is 0.501. The van der Waals surface area contributed by atoms with E-state index >= 15 is 0 Å². The van der Waals surface area contributed by atoms with Crippen molar-refractivity contribution in [2.24, 2.45) is 0 Å². The molecule has 4 nitrogen and oxygen atoms in total. The molecule has 2 atom stereocenters. The molecule has 110 valence electrons. The highest BCUT2D eigenvalue weighted by atomic mass is 28.4. The second kappa shape index (κ2) is 5.87. The number of ketones is 1. The first kappa shape index (κ1) is 16.6. The van der Waals surface area contributed by atoms with Crippen molar-refractivity contribution in [3.8, 4) is 0 Å². The van der Waals surface area contributed by atoms with Crippen molar-refractivity contribution in [2.45, 2.75) is 57.5 Å². The van der Waals surface area contributed by atoms with E-state index in [9.17, 15) is 4.79 Å². The van der Waals surface area contributed by atoms with Gasteiger partial charge >= 0.3 is 0 Å². The highest BCUT2D eigenvalue weighted by Gasteiger charge is 2.45. The Morgan fingerprint density at radius 1 is 1.37 bits per heavy atom. The van der Waals surface area contributed by atoms with E-state index in [4.69, 9.17) is 13.9 Å². The lowest BCUT2D eigenvalue weighted by Gasteiger charge is -2.39. The molecule has 5 heteroatoms. The van der Waals surface area contributed by atoms with Crippen LogP contribution in [0.25, 0.3) is 0 Å². The Hall–Kier alpha value is -0.493. The lowest BCUT2D eigenvalue weighted by Crippen LogP contribution is -2.46. The molecule has 0 aliphatic heterocycles. The molecule has 0 radical (unpaired) electrons. The molecule has 0 saturated heterocycles. The van der Waals surface area contributed by atoms with E-state index < -0.39 is 8.32 Å². The number of hydrogen-bond acceptors (Lipinski definition) is 4. The second-order valence-corrected chi connectivity index (χ2v) is 11.3. The van der Waals surface area contributed by atoms with Crippen LogP contribution in [0.5, 0.6) is 0 Å². The molecule has 0 aromatic carbocycles. The molecular formula is C14H26O4Si. The molecule has 0 spiro atoms. The molecule has 0 heterocycles. The van der Waals surface area contributed by atoms with E-state index in [0.29, 0.717) is 12.0 Å². The van der Waals surface area contributed by atoms with Crippen molar-refractivity contribution >= 4 is 14.1 Å². The molecule has 1 aliphatic rings. The first-order valence-corrected chi connectivity index (χ1v) is 9.51. The normalized spacial score (nSPS) is 25.2. The third kappa shape index (κ3) is 3.75. The molecule has 0 amide bonds. The summed E-state index contributed by atoms with van der Waals surface area (Å²) in [6.07, 6.45) is -0.239. The van der Waals surface area contributed by atoms with E-state index in [1.165, 1.54) is 0 Å². The van der Waals surface area contributed by atoms with Gasteiger partial charge in [0.25, 0.3) is 0 Å². The minimum absolute atomic E-state index is 0.0322.